The molecule has 1 fully saturated rings. The van der Waals surface area contributed by atoms with Crippen LogP contribution in [0.4, 0.5) is 31.1 Å². The van der Waals surface area contributed by atoms with Gasteiger partial charge >= 0.3 is 18.4 Å². The number of rotatable bonds is 1. The molecule has 0 spiro atoms. The van der Waals surface area contributed by atoms with E-state index in [1.807, 2.05) is 0 Å². The number of nitrogens with two attached hydrogens (primary N) is 1. The molecule has 1 saturated heterocycles. The third-order valence-corrected chi connectivity index (χ3v) is 2.61. The quantitative estimate of drug-likeness (QED) is 0.751. The maximum absolute atomic E-state index is 12.2. The summed E-state index contributed by atoms with van der Waals surface area (Å²) in [5.74, 6) is 0. The fraction of sp³-hybridized carbons (Fsp3) is 0.889. The normalized spacial score (nSPS) is 17.9. The average Bonchev–Trinajstić information content (AvgIpc) is 2.23. The summed E-state index contributed by atoms with van der Waals surface area (Å²) in [6.07, 6.45) is -16.5. The minimum Gasteiger partial charge on any atom is -0.426 e. The Morgan fingerprint density at radius 1 is 1.10 bits per heavy atom. The lowest BCUT2D eigenvalue weighted by Gasteiger charge is -2.31. The molecule has 2 N–H and O–H groups in total. The second kappa shape index (κ2) is 6.70. The van der Waals surface area contributed by atoms with Gasteiger partial charge in [0, 0.05) is 19.1 Å². The van der Waals surface area contributed by atoms with Gasteiger partial charge in [-0.1, -0.05) is 0 Å². The first-order valence-corrected chi connectivity index (χ1v) is 5.36. The zero-order valence-electron chi connectivity index (χ0n) is 10.0. The lowest BCUT2D eigenvalue weighted by atomic mass is 10.1. The number of halogens is 7. The number of hydrogen-bond donors (Lipinski definition) is 1. The van der Waals surface area contributed by atoms with Gasteiger partial charge in [0.2, 0.25) is 0 Å². The molecule has 1 aliphatic heterocycles. The molecule has 0 unspecified atom stereocenters. The van der Waals surface area contributed by atoms with Crippen molar-refractivity contribution in [2.75, 3.05) is 13.1 Å². The Bertz CT molecular complexity index is 313. The lowest BCUT2D eigenvalue weighted by Crippen LogP contribution is -2.50. The summed E-state index contributed by atoms with van der Waals surface area (Å²) in [6, 6.07) is -0.218. The first-order valence-electron chi connectivity index (χ1n) is 5.36. The highest BCUT2D eigenvalue weighted by Gasteiger charge is 2.60. The van der Waals surface area contributed by atoms with E-state index >= 15 is 0 Å². The van der Waals surface area contributed by atoms with Crippen LogP contribution in [0, 0.1) is 0 Å². The van der Waals surface area contributed by atoms with Crippen molar-refractivity contribution >= 4 is 18.5 Å². The minimum atomic E-state index is -5.69. The molecule has 0 atom stereocenters. The van der Waals surface area contributed by atoms with Gasteiger partial charge in [0.1, 0.15) is 0 Å². The van der Waals surface area contributed by atoms with Crippen LogP contribution in [0.2, 0.25) is 0 Å². The Kier molecular flexibility index (Phi) is 6.40. The number of hydrogen-bond acceptors (Lipinski definition) is 3. The molecule has 1 amide bonds. The number of carbonyl (C=O) groups excluding carboxylic acids is 1. The first kappa shape index (κ1) is 19.1. The fourth-order valence-corrected chi connectivity index (χ4v) is 1.58. The average molecular weight is 331 g/mol. The van der Waals surface area contributed by atoms with E-state index < -0.39 is 24.5 Å². The largest absolute Gasteiger partial charge is 0.434 e. The second-order valence-electron chi connectivity index (χ2n) is 4.17. The summed E-state index contributed by atoms with van der Waals surface area (Å²) in [4.78, 5) is 12.1. The van der Waals surface area contributed by atoms with Crippen LogP contribution in [0.25, 0.3) is 0 Å². The first-order chi connectivity index (χ1) is 8.51. The van der Waals surface area contributed by atoms with Crippen molar-refractivity contribution in [2.24, 2.45) is 5.73 Å². The van der Waals surface area contributed by atoms with E-state index in [2.05, 4.69) is 4.74 Å². The summed E-state index contributed by atoms with van der Waals surface area (Å²) in [6.45, 7) is -0.0507. The molecule has 4 nitrogen and oxygen atoms in total. The van der Waals surface area contributed by atoms with Gasteiger partial charge in [-0.3, -0.25) is 0 Å². The molecule has 0 aliphatic carbocycles. The third kappa shape index (κ3) is 5.23. The standard InChI is InChI=1S/C9H12F6N2O2.ClH/c10-8(11,12)6(9(13,14)15)19-7(18)17-3-1-5(16)2-4-17;/h5-6H,1-4,16H2;1H. The summed E-state index contributed by atoms with van der Waals surface area (Å²) in [5, 5.41) is 0. The van der Waals surface area contributed by atoms with Gasteiger partial charge in [-0.05, 0) is 12.8 Å². The van der Waals surface area contributed by atoms with Gasteiger partial charge in [-0.15, -0.1) is 12.4 Å². The summed E-state index contributed by atoms with van der Waals surface area (Å²) in [5.41, 5.74) is 5.50. The minimum absolute atomic E-state index is 0. The zero-order valence-corrected chi connectivity index (χ0v) is 10.8. The predicted octanol–water partition coefficient (Wildman–Crippen LogP) is 2.46. The Morgan fingerprint density at radius 2 is 1.50 bits per heavy atom. The number of carbonyl (C=O) groups is 1. The maximum Gasteiger partial charge on any atom is 0.434 e. The van der Waals surface area contributed by atoms with Crippen LogP contribution >= 0.6 is 12.4 Å². The molecule has 0 aromatic heterocycles. The van der Waals surface area contributed by atoms with Gasteiger partial charge in [0.05, 0.1) is 0 Å². The van der Waals surface area contributed by atoms with Gasteiger partial charge in [-0.2, -0.15) is 26.3 Å². The van der Waals surface area contributed by atoms with Crippen molar-refractivity contribution in [2.45, 2.75) is 37.3 Å². The van der Waals surface area contributed by atoms with Crippen molar-refractivity contribution in [3.63, 3.8) is 0 Å². The number of piperidine rings is 1. The Morgan fingerprint density at radius 3 is 1.85 bits per heavy atom. The third-order valence-electron chi connectivity index (χ3n) is 2.61. The van der Waals surface area contributed by atoms with E-state index in [9.17, 15) is 31.1 Å². The van der Waals surface area contributed by atoms with E-state index in [1.54, 1.807) is 0 Å². The van der Waals surface area contributed by atoms with E-state index in [0.29, 0.717) is 12.8 Å². The van der Waals surface area contributed by atoms with Crippen molar-refractivity contribution in [1.82, 2.24) is 4.90 Å². The monoisotopic (exact) mass is 330 g/mol. The summed E-state index contributed by atoms with van der Waals surface area (Å²) < 4.78 is 76.6. The molecular formula is C9H13ClF6N2O2. The molecule has 1 aliphatic rings. The molecule has 1 rings (SSSR count). The highest BCUT2D eigenvalue weighted by Crippen LogP contribution is 2.36. The molecule has 0 bridgehead atoms. The Labute approximate surface area is 116 Å². The topological polar surface area (TPSA) is 55.6 Å². The molecule has 1 heterocycles. The van der Waals surface area contributed by atoms with Gasteiger partial charge in [0.15, 0.2) is 0 Å². The maximum atomic E-state index is 12.2. The van der Waals surface area contributed by atoms with Crippen LogP contribution in [-0.2, 0) is 4.74 Å². The van der Waals surface area contributed by atoms with Crippen LogP contribution in [0.15, 0.2) is 0 Å². The summed E-state index contributed by atoms with van der Waals surface area (Å²) in [7, 11) is 0. The number of ether oxygens (including phenoxy) is 1. The van der Waals surface area contributed by atoms with Crippen molar-refractivity contribution in [3.05, 3.63) is 0 Å². The highest BCUT2D eigenvalue weighted by atomic mass is 35.5. The molecule has 0 aromatic rings. The van der Waals surface area contributed by atoms with Crippen molar-refractivity contribution < 1.29 is 35.9 Å². The van der Waals surface area contributed by atoms with Crippen LogP contribution < -0.4 is 5.73 Å². The Hall–Kier alpha value is -0.900. The number of alkyl halides is 6. The number of nitrogens with zero attached hydrogens (tertiary/aromatic N) is 1. The molecular weight excluding hydrogens is 318 g/mol. The van der Waals surface area contributed by atoms with Gasteiger partial charge in [-0.25, -0.2) is 4.79 Å². The molecule has 0 aromatic carbocycles. The molecule has 20 heavy (non-hydrogen) atoms. The lowest BCUT2D eigenvalue weighted by molar-refractivity contribution is -0.308. The van der Waals surface area contributed by atoms with E-state index in [4.69, 9.17) is 5.73 Å². The molecule has 120 valence electrons. The van der Waals surface area contributed by atoms with Crippen LogP contribution in [0.5, 0.6) is 0 Å². The van der Waals surface area contributed by atoms with Gasteiger partial charge in [0.25, 0.3) is 6.10 Å². The van der Waals surface area contributed by atoms with Crippen LogP contribution in [0.1, 0.15) is 12.8 Å². The zero-order chi connectivity index (χ0) is 14.8. The number of likely N-dealkylation sites (tertiary alicyclic amines) is 1. The van der Waals surface area contributed by atoms with Crippen LogP contribution in [0.3, 0.4) is 0 Å². The fourth-order valence-electron chi connectivity index (χ4n) is 1.58. The van der Waals surface area contributed by atoms with E-state index in [0.717, 1.165) is 4.90 Å². The number of amides is 1. The molecule has 0 saturated carbocycles. The molecule has 0 radical (unpaired) electrons. The van der Waals surface area contributed by atoms with E-state index in [1.165, 1.54) is 0 Å². The predicted molar refractivity (Wildman–Crippen MR) is 58.4 cm³/mol. The Balaban J connectivity index is 0.00000361. The molecule has 11 heteroatoms. The SMILES string of the molecule is Cl.NC1CCN(C(=O)OC(C(F)(F)F)C(F)(F)F)CC1. The highest BCUT2D eigenvalue weighted by molar-refractivity contribution is 5.85. The summed E-state index contributed by atoms with van der Waals surface area (Å²) >= 11 is 0. The van der Waals surface area contributed by atoms with Crippen LogP contribution in [-0.4, -0.2) is 48.6 Å². The second-order valence-corrected chi connectivity index (χ2v) is 4.17. The van der Waals surface area contributed by atoms with Crippen molar-refractivity contribution in [1.29, 1.82) is 0 Å². The van der Waals surface area contributed by atoms with Crippen molar-refractivity contribution in [3.8, 4) is 0 Å². The van der Waals surface area contributed by atoms with Gasteiger partial charge < -0.3 is 15.4 Å². The van der Waals surface area contributed by atoms with E-state index in [-0.39, 0.29) is 31.5 Å². The smallest absolute Gasteiger partial charge is 0.426 e.